The molecule has 3 aromatic rings. The second-order valence-electron chi connectivity index (χ2n) is 8.46. The average molecular weight is 422 g/mol. The summed E-state index contributed by atoms with van der Waals surface area (Å²) >= 11 is 0. The molecule has 8 heteroatoms. The minimum absolute atomic E-state index is 0.140. The third kappa shape index (κ3) is 3.61. The highest BCUT2D eigenvalue weighted by Gasteiger charge is 2.36. The van der Waals surface area contributed by atoms with Crippen molar-refractivity contribution >= 4 is 16.9 Å². The van der Waals surface area contributed by atoms with Crippen LogP contribution in [0, 0.1) is 0 Å². The minimum Gasteiger partial charge on any atom is -0.454 e. The van der Waals surface area contributed by atoms with Crippen LogP contribution in [-0.2, 0) is 10.2 Å². The Morgan fingerprint density at radius 2 is 1.97 bits per heavy atom. The molecule has 2 aromatic heterocycles. The second-order valence-corrected chi connectivity index (χ2v) is 8.46. The molecule has 1 fully saturated rings. The first-order valence-corrected chi connectivity index (χ1v) is 10.7. The number of benzene rings is 1. The summed E-state index contributed by atoms with van der Waals surface area (Å²) in [6.07, 6.45) is 5.03. The van der Waals surface area contributed by atoms with Crippen LogP contribution >= 0.6 is 0 Å². The first-order valence-electron chi connectivity index (χ1n) is 10.7. The summed E-state index contributed by atoms with van der Waals surface area (Å²) in [6, 6.07) is 8.11. The molecule has 0 atom stereocenters. The lowest BCUT2D eigenvalue weighted by Gasteiger charge is -2.38. The van der Waals surface area contributed by atoms with Crippen molar-refractivity contribution in [2.45, 2.75) is 38.1 Å². The molecule has 5 rings (SSSR count). The summed E-state index contributed by atoms with van der Waals surface area (Å²) < 4.78 is 18.5. The van der Waals surface area contributed by atoms with Gasteiger partial charge in [-0.1, -0.05) is 6.07 Å². The van der Waals surface area contributed by atoms with Gasteiger partial charge >= 0.3 is 0 Å². The van der Waals surface area contributed by atoms with E-state index in [0.29, 0.717) is 25.3 Å². The molecule has 1 saturated heterocycles. The van der Waals surface area contributed by atoms with Gasteiger partial charge in [0, 0.05) is 42.8 Å². The van der Waals surface area contributed by atoms with Crippen molar-refractivity contribution in [2.24, 2.45) is 0 Å². The summed E-state index contributed by atoms with van der Waals surface area (Å²) in [4.78, 5) is 17.5. The Hall–Kier alpha value is -3.13. The fourth-order valence-electron chi connectivity index (χ4n) is 4.35. The zero-order valence-electron chi connectivity index (χ0n) is 17.8. The molecule has 162 valence electrons. The number of amides is 1. The Labute approximate surface area is 180 Å². The molecule has 4 heterocycles. The van der Waals surface area contributed by atoms with Crippen LogP contribution in [0.5, 0.6) is 11.5 Å². The van der Waals surface area contributed by atoms with Gasteiger partial charge in [-0.25, -0.2) is 9.67 Å². The molecule has 1 aromatic carbocycles. The number of nitrogens with one attached hydrogen (secondary N) is 1. The van der Waals surface area contributed by atoms with E-state index in [4.69, 9.17) is 14.2 Å². The fourth-order valence-corrected chi connectivity index (χ4v) is 4.35. The molecule has 0 radical (unpaired) electrons. The average Bonchev–Trinajstić information content (AvgIpc) is 3.44. The second kappa shape index (κ2) is 7.85. The number of carbonyl (C=O) groups excluding carboxylic acids is 1. The molecule has 8 nitrogen and oxygen atoms in total. The molecule has 0 saturated carbocycles. The topological polar surface area (TPSA) is 87.5 Å². The summed E-state index contributed by atoms with van der Waals surface area (Å²) in [5.74, 6) is 1.38. The van der Waals surface area contributed by atoms with Crippen molar-refractivity contribution in [2.75, 3.05) is 26.6 Å². The highest BCUT2D eigenvalue weighted by molar-refractivity contribution is 5.96. The fraction of sp³-hybridized carbons (Fsp3) is 0.435. The van der Waals surface area contributed by atoms with E-state index in [1.807, 2.05) is 22.9 Å². The lowest BCUT2D eigenvalue weighted by atomic mass is 9.74. The van der Waals surface area contributed by atoms with E-state index in [2.05, 4.69) is 35.3 Å². The van der Waals surface area contributed by atoms with Gasteiger partial charge in [-0.15, -0.1) is 0 Å². The summed E-state index contributed by atoms with van der Waals surface area (Å²) in [7, 11) is 0. The van der Waals surface area contributed by atoms with Gasteiger partial charge in [0.1, 0.15) is 0 Å². The van der Waals surface area contributed by atoms with Crippen LogP contribution in [0.4, 0.5) is 0 Å². The van der Waals surface area contributed by atoms with Crippen LogP contribution in [0.2, 0.25) is 0 Å². The number of hydrogen-bond acceptors (Lipinski definition) is 6. The Morgan fingerprint density at radius 1 is 1.16 bits per heavy atom. The number of pyridine rings is 1. The molecule has 0 bridgehead atoms. The number of fused-ring (bicyclic) bond motifs is 2. The van der Waals surface area contributed by atoms with Crippen molar-refractivity contribution in [1.82, 2.24) is 20.1 Å². The maximum absolute atomic E-state index is 13.0. The Morgan fingerprint density at radius 3 is 2.77 bits per heavy atom. The van der Waals surface area contributed by atoms with Gasteiger partial charge in [0.15, 0.2) is 17.1 Å². The number of hydrogen-bond donors (Lipinski definition) is 1. The zero-order valence-corrected chi connectivity index (χ0v) is 17.8. The summed E-state index contributed by atoms with van der Waals surface area (Å²) in [5, 5.41) is 8.38. The van der Waals surface area contributed by atoms with Crippen LogP contribution in [0.25, 0.3) is 11.0 Å². The van der Waals surface area contributed by atoms with Crippen LogP contribution in [0.3, 0.4) is 0 Å². The molecule has 31 heavy (non-hydrogen) atoms. The third-order valence-electron chi connectivity index (χ3n) is 6.21. The molecule has 2 aliphatic heterocycles. The van der Waals surface area contributed by atoms with E-state index in [0.717, 1.165) is 40.9 Å². The van der Waals surface area contributed by atoms with Gasteiger partial charge in [-0.2, -0.15) is 5.10 Å². The van der Waals surface area contributed by atoms with Crippen LogP contribution < -0.4 is 14.8 Å². The molecule has 0 spiro atoms. The van der Waals surface area contributed by atoms with E-state index >= 15 is 0 Å². The Kier molecular flexibility index (Phi) is 5.02. The molecule has 2 aliphatic rings. The van der Waals surface area contributed by atoms with Crippen LogP contribution in [-0.4, -0.2) is 47.2 Å². The highest BCUT2D eigenvalue weighted by Crippen LogP contribution is 2.40. The molecule has 0 aliphatic carbocycles. The van der Waals surface area contributed by atoms with Gasteiger partial charge in [0.25, 0.3) is 5.91 Å². The number of aromatic nitrogens is 3. The summed E-state index contributed by atoms with van der Waals surface area (Å²) in [6.45, 7) is 6.18. The molecule has 0 unspecified atom stereocenters. The molecule has 1 amide bonds. The van der Waals surface area contributed by atoms with Crippen LogP contribution in [0.1, 0.15) is 48.7 Å². The normalized spacial score (nSPS) is 17.3. The molecular weight excluding hydrogens is 396 g/mol. The lowest BCUT2D eigenvalue weighted by Crippen LogP contribution is -2.44. The van der Waals surface area contributed by atoms with E-state index in [9.17, 15) is 4.79 Å². The summed E-state index contributed by atoms with van der Waals surface area (Å²) in [5.41, 5.74) is 2.23. The van der Waals surface area contributed by atoms with Crippen molar-refractivity contribution in [3.63, 3.8) is 0 Å². The molecule has 1 N–H and O–H groups in total. The standard InChI is InChI=1S/C23H26N4O4/c1-15(2)27-21-16(12-26-27)9-17(11-24-21)22(28)25-13-23(5-7-29-8-6-23)18-3-4-19-20(10-18)31-14-30-19/h3-4,9-12,15H,5-8,13-14H2,1-2H3,(H,25,28). The maximum Gasteiger partial charge on any atom is 0.252 e. The zero-order chi connectivity index (χ0) is 21.4. The van der Waals surface area contributed by atoms with Crippen molar-refractivity contribution < 1.29 is 19.0 Å². The predicted octanol–water partition coefficient (Wildman–Crippen LogP) is 3.22. The highest BCUT2D eigenvalue weighted by atomic mass is 16.7. The number of nitrogens with zero attached hydrogens (tertiary/aromatic N) is 3. The smallest absolute Gasteiger partial charge is 0.252 e. The third-order valence-corrected chi connectivity index (χ3v) is 6.21. The largest absolute Gasteiger partial charge is 0.454 e. The predicted molar refractivity (Wildman–Crippen MR) is 115 cm³/mol. The number of rotatable bonds is 5. The van der Waals surface area contributed by atoms with Crippen LogP contribution in [0.15, 0.2) is 36.7 Å². The van der Waals surface area contributed by atoms with E-state index in [1.54, 1.807) is 12.4 Å². The first-order chi connectivity index (χ1) is 15.1. The van der Waals surface area contributed by atoms with Gasteiger partial charge in [0.05, 0.1) is 11.8 Å². The van der Waals surface area contributed by atoms with Crippen molar-refractivity contribution in [3.05, 3.63) is 47.8 Å². The number of ether oxygens (including phenoxy) is 3. The van der Waals surface area contributed by atoms with E-state index in [1.165, 1.54) is 0 Å². The Balaban J connectivity index is 1.37. The number of carbonyl (C=O) groups is 1. The van der Waals surface area contributed by atoms with Crippen molar-refractivity contribution in [3.8, 4) is 11.5 Å². The Bertz CT molecular complexity index is 1120. The van der Waals surface area contributed by atoms with Crippen molar-refractivity contribution in [1.29, 1.82) is 0 Å². The monoisotopic (exact) mass is 422 g/mol. The van der Waals surface area contributed by atoms with Gasteiger partial charge in [-0.05, 0) is 50.5 Å². The van der Waals surface area contributed by atoms with E-state index < -0.39 is 0 Å². The SMILES string of the molecule is CC(C)n1ncc2cc(C(=O)NCC3(c4ccc5c(c4)OCO5)CCOCC3)cnc21. The van der Waals surface area contributed by atoms with Gasteiger partial charge in [0.2, 0.25) is 6.79 Å². The van der Waals surface area contributed by atoms with E-state index in [-0.39, 0.29) is 24.2 Å². The lowest BCUT2D eigenvalue weighted by molar-refractivity contribution is 0.0486. The first kappa shape index (κ1) is 19.8. The maximum atomic E-state index is 13.0. The molecular formula is C23H26N4O4. The van der Waals surface area contributed by atoms with Gasteiger partial charge in [-0.3, -0.25) is 4.79 Å². The minimum atomic E-state index is -0.213. The van der Waals surface area contributed by atoms with Gasteiger partial charge < -0.3 is 19.5 Å². The quantitative estimate of drug-likeness (QED) is 0.679.